The molecular weight excluding hydrogens is 787 g/mol. The first-order valence-corrected chi connectivity index (χ1v) is 22.6. The van der Waals surface area contributed by atoms with Gasteiger partial charge in [0.15, 0.2) is 0 Å². The van der Waals surface area contributed by atoms with E-state index in [1.165, 1.54) is 65.4 Å². The molecule has 308 valence electrons. The van der Waals surface area contributed by atoms with Crippen molar-refractivity contribution in [3.05, 3.63) is 247 Å². The Morgan fingerprint density at radius 3 is 1.46 bits per heavy atom. The van der Waals surface area contributed by atoms with Crippen LogP contribution in [0.25, 0.3) is 72.5 Å². The van der Waals surface area contributed by atoms with Crippen LogP contribution >= 0.6 is 0 Å². The number of para-hydroxylation sites is 1. The van der Waals surface area contributed by atoms with Crippen molar-refractivity contribution >= 4 is 78.7 Å². The molecule has 0 bridgehead atoms. The van der Waals surface area contributed by atoms with E-state index in [2.05, 4.69) is 263 Å². The lowest BCUT2D eigenvalue weighted by Crippen LogP contribution is -2.30. The number of fused-ring (bicyclic) bond motifs is 5. The van der Waals surface area contributed by atoms with Crippen molar-refractivity contribution in [1.29, 1.82) is 0 Å². The topological polar surface area (TPSA) is 11.4 Å². The molecule has 3 heteroatoms. The third kappa shape index (κ3) is 7.14. The smallest absolute Gasteiger partial charge is 0.0546 e. The third-order valence-corrected chi connectivity index (χ3v) is 12.9. The molecule has 11 aromatic rings. The van der Waals surface area contributed by atoms with E-state index in [0.717, 1.165) is 52.5 Å². The predicted molar refractivity (Wildman–Crippen MR) is 276 cm³/mol. The van der Waals surface area contributed by atoms with Gasteiger partial charge >= 0.3 is 0 Å². The van der Waals surface area contributed by atoms with Crippen molar-refractivity contribution in [2.24, 2.45) is 0 Å². The van der Waals surface area contributed by atoms with Gasteiger partial charge in [-0.2, -0.15) is 0 Å². The molecule has 0 N–H and O–H groups in total. The maximum absolute atomic E-state index is 2.46. The molecule has 0 aliphatic heterocycles. The Bertz CT molecular complexity index is 3660. The van der Waals surface area contributed by atoms with Crippen molar-refractivity contribution in [3.8, 4) is 27.9 Å². The molecule has 0 spiro atoms. The van der Waals surface area contributed by atoms with Gasteiger partial charge in [0, 0.05) is 55.8 Å². The Balaban J connectivity index is 0.993. The number of hydrogen-bond acceptors (Lipinski definition) is 2. The predicted octanol–water partition coefficient (Wildman–Crippen LogP) is 15.6. The minimum absolute atomic E-state index is 1.04. The molecular formula is C62H45N3. The van der Waals surface area contributed by atoms with Crippen LogP contribution in [0.15, 0.2) is 237 Å². The molecule has 0 saturated carbocycles. The van der Waals surface area contributed by atoms with Gasteiger partial charge in [0.25, 0.3) is 0 Å². The van der Waals surface area contributed by atoms with Crippen LogP contribution in [0.5, 0.6) is 0 Å². The quantitative estimate of drug-likeness (QED) is 0.144. The van der Waals surface area contributed by atoms with E-state index in [4.69, 9.17) is 0 Å². The zero-order valence-corrected chi connectivity index (χ0v) is 35.9. The Hall–Kier alpha value is -8.40. The van der Waals surface area contributed by atoms with Gasteiger partial charge in [0.1, 0.15) is 0 Å². The van der Waals surface area contributed by atoms with Crippen LogP contribution in [0.1, 0.15) is 12.8 Å². The lowest BCUT2D eigenvalue weighted by atomic mass is 10.0. The van der Waals surface area contributed by atoms with E-state index >= 15 is 0 Å². The largest absolute Gasteiger partial charge is 0.310 e. The first-order chi connectivity index (χ1) is 32.2. The fourth-order valence-electron chi connectivity index (χ4n) is 9.79. The normalized spacial score (nSPS) is 12.1. The summed E-state index contributed by atoms with van der Waals surface area (Å²) in [6, 6.07) is 86.1. The van der Waals surface area contributed by atoms with Crippen molar-refractivity contribution in [2.45, 2.75) is 12.8 Å². The van der Waals surface area contributed by atoms with Gasteiger partial charge in [-0.1, -0.05) is 164 Å². The standard InChI is InChI=1S/C62H45N3/c1-3-15-44(16-4-1)47-29-34-53(35-30-47)65-61-28-12-11-27-59(61)60-38-33-51(42-62(60)65)50-21-13-24-54(41-50)64(58-37-32-46-18-8-10-20-49(46)40-58)56-26-14-25-55(43-56)63(52-22-5-2-6-23-52)57-36-31-45-17-7-9-19-48(45)39-57/h1-10,13-43H,11-12H2. The monoisotopic (exact) mass is 831 g/mol. The summed E-state index contributed by atoms with van der Waals surface area (Å²) in [4.78, 5) is 4.76. The van der Waals surface area contributed by atoms with E-state index in [-0.39, 0.29) is 0 Å². The summed E-state index contributed by atoms with van der Waals surface area (Å²) < 4.78 is 2.46. The molecule has 1 aliphatic carbocycles. The summed E-state index contributed by atoms with van der Waals surface area (Å²) in [7, 11) is 0. The number of anilines is 6. The Morgan fingerprint density at radius 2 is 0.785 bits per heavy atom. The van der Waals surface area contributed by atoms with Crippen LogP contribution in [0.3, 0.4) is 0 Å². The summed E-state index contributed by atoms with van der Waals surface area (Å²) in [6.07, 6.45) is 6.92. The van der Waals surface area contributed by atoms with Crippen LogP contribution in [0.2, 0.25) is 0 Å². The van der Waals surface area contributed by atoms with Crippen LogP contribution in [-0.2, 0) is 0 Å². The van der Waals surface area contributed by atoms with Crippen molar-refractivity contribution in [2.75, 3.05) is 9.80 Å². The molecule has 65 heavy (non-hydrogen) atoms. The first kappa shape index (κ1) is 38.3. The Kier molecular flexibility index (Phi) is 9.65. The van der Waals surface area contributed by atoms with Gasteiger partial charge in [-0.05, 0) is 142 Å². The SMILES string of the molecule is C1=c2c(n(-c3ccc(-c4ccccc4)cc3)c3cc(-c4cccc(N(c5cccc(N(c6ccccc6)c6ccc7ccccc7c6)c5)c5ccc6ccccc6c5)c4)ccc23)=CCC1. The number of hydrogen-bond donors (Lipinski definition) is 0. The van der Waals surface area contributed by atoms with E-state index in [1.807, 2.05) is 0 Å². The van der Waals surface area contributed by atoms with Gasteiger partial charge < -0.3 is 14.4 Å². The maximum atomic E-state index is 2.46. The highest BCUT2D eigenvalue weighted by Crippen LogP contribution is 2.42. The first-order valence-electron chi connectivity index (χ1n) is 22.6. The highest BCUT2D eigenvalue weighted by molar-refractivity contribution is 5.94. The van der Waals surface area contributed by atoms with Crippen LogP contribution in [0.4, 0.5) is 34.1 Å². The number of benzene rings is 10. The van der Waals surface area contributed by atoms with Crippen molar-refractivity contribution < 1.29 is 0 Å². The molecule has 0 unspecified atom stereocenters. The Labute approximate surface area is 379 Å². The molecule has 0 atom stereocenters. The van der Waals surface area contributed by atoms with E-state index in [0.29, 0.717) is 0 Å². The molecule has 3 nitrogen and oxygen atoms in total. The summed E-state index contributed by atoms with van der Waals surface area (Å²) in [5.74, 6) is 0. The van der Waals surface area contributed by atoms with Gasteiger partial charge in [-0.3, -0.25) is 0 Å². The average molecular weight is 832 g/mol. The van der Waals surface area contributed by atoms with Crippen LogP contribution in [0, 0.1) is 0 Å². The maximum Gasteiger partial charge on any atom is 0.0546 e. The molecule has 0 saturated heterocycles. The van der Waals surface area contributed by atoms with Gasteiger partial charge in [0.05, 0.1) is 5.52 Å². The lowest BCUT2D eigenvalue weighted by molar-refractivity contribution is 1.02. The van der Waals surface area contributed by atoms with Crippen LogP contribution < -0.4 is 20.4 Å². The summed E-state index contributed by atoms with van der Waals surface area (Å²) in [5.41, 5.74) is 13.7. The van der Waals surface area contributed by atoms with Crippen molar-refractivity contribution in [1.82, 2.24) is 4.57 Å². The number of nitrogens with zero attached hydrogens (tertiary/aromatic N) is 3. The summed E-state index contributed by atoms with van der Waals surface area (Å²) in [5, 5.41) is 8.74. The molecule has 1 aliphatic rings. The Morgan fingerprint density at radius 1 is 0.308 bits per heavy atom. The van der Waals surface area contributed by atoms with Crippen molar-refractivity contribution in [3.63, 3.8) is 0 Å². The molecule has 0 amide bonds. The molecule has 1 heterocycles. The average Bonchev–Trinajstić information content (AvgIpc) is 3.71. The van der Waals surface area contributed by atoms with E-state index in [1.54, 1.807) is 0 Å². The van der Waals surface area contributed by atoms with E-state index < -0.39 is 0 Å². The lowest BCUT2D eigenvalue weighted by Gasteiger charge is -2.30. The minimum Gasteiger partial charge on any atom is -0.310 e. The second kappa shape index (κ2) is 16.4. The zero-order chi connectivity index (χ0) is 43.1. The van der Waals surface area contributed by atoms with Crippen LogP contribution in [-0.4, -0.2) is 4.57 Å². The molecule has 12 rings (SSSR count). The molecule has 10 aromatic carbocycles. The highest BCUT2D eigenvalue weighted by Gasteiger charge is 2.19. The zero-order valence-electron chi connectivity index (χ0n) is 35.9. The highest BCUT2D eigenvalue weighted by atomic mass is 15.2. The second-order valence-electron chi connectivity index (χ2n) is 16.9. The third-order valence-electron chi connectivity index (χ3n) is 12.9. The molecule has 0 radical (unpaired) electrons. The number of rotatable bonds is 9. The van der Waals surface area contributed by atoms with Gasteiger partial charge in [0.2, 0.25) is 0 Å². The molecule has 0 fully saturated rings. The fourth-order valence-corrected chi connectivity index (χ4v) is 9.79. The second-order valence-corrected chi connectivity index (χ2v) is 16.9. The number of aromatic nitrogens is 1. The summed E-state index contributed by atoms with van der Waals surface area (Å²) in [6.45, 7) is 0. The fraction of sp³-hybridized carbons (Fsp3) is 0.0323. The summed E-state index contributed by atoms with van der Waals surface area (Å²) >= 11 is 0. The minimum atomic E-state index is 1.04. The van der Waals surface area contributed by atoms with Gasteiger partial charge in [-0.25, -0.2) is 0 Å². The van der Waals surface area contributed by atoms with E-state index in [9.17, 15) is 0 Å². The van der Waals surface area contributed by atoms with Gasteiger partial charge in [-0.15, -0.1) is 0 Å². The molecule has 1 aromatic heterocycles.